The topological polar surface area (TPSA) is 94.9 Å². The molecule has 0 aliphatic rings. The Morgan fingerprint density at radius 2 is 2.00 bits per heavy atom. The molecule has 0 aliphatic heterocycles. The van der Waals surface area contributed by atoms with Crippen molar-refractivity contribution in [1.29, 1.82) is 0 Å². The van der Waals surface area contributed by atoms with Gasteiger partial charge in [0.25, 0.3) is 5.91 Å². The van der Waals surface area contributed by atoms with Crippen LogP contribution in [0.15, 0.2) is 35.4 Å². The molecule has 0 spiro atoms. The van der Waals surface area contributed by atoms with Crippen molar-refractivity contribution in [3.05, 3.63) is 46.3 Å². The van der Waals surface area contributed by atoms with E-state index in [4.69, 9.17) is 5.53 Å². The fraction of sp³-hybridized carbons (Fsp3) is 0.111. The third-order valence-corrected chi connectivity index (χ3v) is 1.59. The summed E-state index contributed by atoms with van der Waals surface area (Å²) in [5.41, 5.74) is 8.39. The van der Waals surface area contributed by atoms with Crippen LogP contribution in [0.25, 0.3) is 10.4 Å². The van der Waals surface area contributed by atoms with Gasteiger partial charge in [-0.1, -0.05) is 18.2 Å². The Bertz CT molecular complexity index is 409. The normalized spacial score (nSPS) is 8.80. The Morgan fingerprint density at radius 1 is 1.33 bits per heavy atom. The van der Waals surface area contributed by atoms with E-state index < -0.39 is 5.91 Å². The van der Waals surface area contributed by atoms with E-state index in [-0.39, 0.29) is 12.5 Å². The summed E-state index contributed by atoms with van der Waals surface area (Å²) in [6, 6.07) is 8.44. The summed E-state index contributed by atoms with van der Waals surface area (Å²) >= 11 is 0. The smallest absolute Gasteiger partial charge is 0.251 e. The SMILES string of the molecule is [N-]=[N+]=NC(=O)CNC(=O)c1ccccc1. The Labute approximate surface area is 85.5 Å². The zero-order valence-corrected chi connectivity index (χ0v) is 7.75. The first kappa shape index (κ1) is 10.7. The average Bonchev–Trinajstić information content (AvgIpc) is 2.27. The predicted molar refractivity (Wildman–Crippen MR) is 52.9 cm³/mol. The number of benzene rings is 1. The molecule has 1 aromatic rings. The van der Waals surface area contributed by atoms with Gasteiger partial charge in [-0.05, 0) is 22.8 Å². The second kappa shape index (κ2) is 5.41. The van der Waals surface area contributed by atoms with Crippen LogP contribution in [-0.2, 0) is 4.79 Å². The summed E-state index contributed by atoms with van der Waals surface area (Å²) in [6.45, 7) is -0.294. The van der Waals surface area contributed by atoms with Gasteiger partial charge < -0.3 is 5.32 Å². The summed E-state index contributed by atoms with van der Waals surface area (Å²) < 4.78 is 0. The quantitative estimate of drug-likeness (QED) is 0.455. The third kappa shape index (κ3) is 3.50. The lowest BCUT2D eigenvalue weighted by Crippen LogP contribution is -2.28. The molecule has 15 heavy (non-hydrogen) atoms. The van der Waals surface area contributed by atoms with Gasteiger partial charge in [-0.2, -0.15) is 0 Å². The molecule has 0 bridgehead atoms. The summed E-state index contributed by atoms with van der Waals surface area (Å²) in [5, 5.41) is 5.15. The van der Waals surface area contributed by atoms with Crippen molar-refractivity contribution in [2.24, 2.45) is 5.11 Å². The molecule has 0 fully saturated rings. The molecule has 6 heteroatoms. The van der Waals surface area contributed by atoms with Crippen molar-refractivity contribution in [2.75, 3.05) is 6.54 Å². The Hall–Kier alpha value is -2.33. The highest BCUT2D eigenvalue weighted by atomic mass is 16.2. The van der Waals surface area contributed by atoms with Crippen LogP contribution in [0, 0.1) is 0 Å². The van der Waals surface area contributed by atoms with E-state index in [1.807, 2.05) is 0 Å². The van der Waals surface area contributed by atoms with E-state index in [2.05, 4.69) is 15.3 Å². The molecule has 0 saturated heterocycles. The van der Waals surface area contributed by atoms with E-state index in [1.165, 1.54) is 0 Å². The van der Waals surface area contributed by atoms with Crippen LogP contribution in [0.1, 0.15) is 10.4 Å². The van der Waals surface area contributed by atoms with Crippen molar-refractivity contribution >= 4 is 11.8 Å². The number of amides is 2. The first-order valence-electron chi connectivity index (χ1n) is 4.15. The molecule has 0 unspecified atom stereocenters. The maximum Gasteiger partial charge on any atom is 0.251 e. The first-order valence-corrected chi connectivity index (χ1v) is 4.15. The molecule has 2 amide bonds. The predicted octanol–water partition coefficient (Wildman–Crippen LogP) is 1.25. The number of nitrogens with zero attached hydrogens (tertiary/aromatic N) is 3. The van der Waals surface area contributed by atoms with Crippen LogP contribution in [-0.4, -0.2) is 18.4 Å². The standard InChI is InChI=1S/C9H8N4O2/c10-13-12-8(14)6-11-9(15)7-4-2-1-3-5-7/h1-5H,6H2,(H,11,15). The van der Waals surface area contributed by atoms with Crippen LogP contribution in [0.3, 0.4) is 0 Å². The highest BCUT2D eigenvalue weighted by Crippen LogP contribution is 1.97. The third-order valence-electron chi connectivity index (χ3n) is 1.59. The van der Waals surface area contributed by atoms with E-state index >= 15 is 0 Å². The molecule has 1 rings (SSSR count). The molecule has 1 N–H and O–H groups in total. The molecule has 1 aromatic carbocycles. The second-order valence-corrected chi connectivity index (χ2v) is 2.63. The molecule has 0 radical (unpaired) electrons. The van der Waals surface area contributed by atoms with Crippen LogP contribution in [0.2, 0.25) is 0 Å². The Morgan fingerprint density at radius 3 is 2.60 bits per heavy atom. The summed E-state index contributed by atoms with van der Waals surface area (Å²) in [7, 11) is 0. The van der Waals surface area contributed by atoms with Gasteiger partial charge in [0.15, 0.2) is 0 Å². The molecule has 0 heterocycles. The second-order valence-electron chi connectivity index (χ2n) is 2.63. The average molecular weight is 204 g/mol. The number of hydrogen-bond donors (Lipinski definition) is 1. The molecular formula is C9H8N4O2. The fourth-order valence-electron chi connectivity index (χ4n) is 0.933. The van der Waals surface area contributed by atoms with Gasteiger partial charge in [-0.15, -0.1) is 0 Å². The van der Waals surface area contributed by atoms with E-state index in [1.54, 1.807) is 30.3 Å². The van der Waals surface area contributed by atoms with Crippen molar-refractivity contribution < 1.29 is 9.59 Å². The zero-order valence-electron chi connectivity index (χ0n) is 7.75. The molecular weight excluding hydrogens is 196 g/mol. The molecule has 0 aliphatic carbocycles. The van der Waals surface area contributed by atoms with Gasteiger partial charge >= 0.3 is 0 Å². The summed E-state index contributed by atoms with van der Waals surface area (Å²) in [6.07, 6.45) is 0. The molecule has 76 valence electrons. The zero-order chi connectivity index (χ0) is 11.1. The van der Waals surface area contributed by atoms with Crippen molar-refractivity contribution in [2.45, 2.75) is 0 Å². The molecule has 0 saturated carbocycles. The minimum atomic E-state index is -0.721. The van der Waals surface area contributed by atoms with Crippen molar-refractivity contribution in [3.8, 4) is 0 Å². The first-order chi connectivity index (χ1) is 7.24. The van der Waals surface area contributed by atoms with Gasteiger partial charge in [0.2, 0.25) is 5.91 Å². The fourth-order valence-corrected chi connectivity index (χ4v) is 0.933. The lowest BCUT2D eigenvalue weighted by molar-refractivity contribution is -0.117. The van der Waals surface area contributed by atoms with Crippen molar-refractivity contribution in [3.63, 3.8) is 0 Å². The highest BCUT2D eigenvalue weighted by molar-refractivity contribution is 5.96. The number of hydrogen-bond acceptors (Lipinski definition) is 2. The van der Waals surface area contributed by atoms with Gasteiger partial charge in [-0.25, -0.2) is 0 Å². The van der Waals surface area contributed by atoms with Crippen molar-refractivity contribution in [1.82, 2.24) is 5.32 Å². The van der Waals surface area contributed by atoms with Crippen LogP contribution < -0.4 is 5.32 Å². The summed E-state index contributed by atoms with van der Waals surface area (Å²) in [4.78, 5) is 24.4. The largest absolute Gasteiger partial charge is 0.345 e. The maximum atomic E-state index is 11.4. The van der Waals surface area contributed by atoms with Crippen LogP contribution >= 0.6 is 0 Å². The number of rotatable bonds is 3. The highest BCUT2D eigenvalue weighted by Gasteiger charge is 2.05. The van der Waals surface area contributed by atoms with Crippen LogP contribution in [0.4, 0.5) is 0 Å². The lowest BCUT2D eigenvalue weighted by atomic mass is 10.2. The maximum absolute atomic E-state index is 11.4. The molecule has 6 nitrogen and oxygen atoms in total. The summed E-state index contributed by atoms with van der Waals surface area (Å²) in [5.74, 6) is -1.10. The molecule has 0 atom stereocenters. The van der Waals surface area contributed by atoms with Gasteiger partial charge in [0, 0.05) is 10.5 Å². The minimum Gasteiger partial charge on any atom is -0.345 e. The Balaban J connectivity index is 2.51. The minimum absolute atomic E-state index is 0.294. The van der Waals surface area contributed by atoms with E-state index in [9.17, 15) is 9.59 Å². The van der Waals surface area contributed by atoms with Gasteiger partial charge in [0.1, 0.15) is 0 Å². The van der Waals surface area contributed by atoms with E-state index in [0.717, 1.165) is 0 Å². The number of azide groups is 1. The monoisotopic (exact) mass is 204 g/mol. The lowest BCUT2D eigenvalue weighted by Gasteiger charge is -2.01. The number of carbonyl (C=O) groups excluding carboxylic acids is 2. The van der Waals surface area contributed by atoms with Crippen LogP contribution in [0.5, 0.6) is 0 Å². The van der Waals surface area contributed by atoms with Gasteiger partial charge in [-0.3, -0.25) is 9.59 Å². The number of carbonyl (C=O) groups is 2. The molecule has 0 aromatic heterocycles. The van der Waals surface area contributed by atoms with E-state index in [0.29, 0.717) is 5.56 Å². The Kier molecular flexibility index (Phi) is 3.88. The van der Waals surface area contributed by atoms with Gasteiger partial charge in [0.05, 0.1) is 6.54 Å². The number of nitrogens with one attached hydrogen (secondary N) is 1.